The standard InChI is InChI=1S/C10H13N5OS/c1-6(10-12-2-3-17-10)4-13-9(16)7-5-14-15-8(7)11/h2-3,5-6H,4H2,1H3,(H,13,16)(H3,11,14,15). The van der Waals surface area contributed by atoms with Crippen molar-refractivity contribution in [2.24, 2.45) is 0 Å². The van der Waals surface area contributed by atoms with Crippen LogP contribution in [-0.2, 0) is 0 Å². The van der Waals surface area contributed by atoms with Crippen molar-refractivity contribution >= 4 is 23.1 Å². The average Bonchev–Trinajstić information content (AvgIpc) is 2.95. The van der Waals surface area contributed by atoms with Crippen molar-refractivity contribution in [1.29, 1.82) is 0 Å². The largest absolute Gasteiger partial charge is 0.383 e. The maximum absolute atomic E-state index is 11.7. The molecule has 0 radical (unpaired) electrons. The summed E-state index contributed by atoms with van der Waals surface area (Å²) in [6.07, 6.45) is 3.17. The monoisotopic (exact) mass is 251 g/mol. The number of rotatable bonds is 4. The molecule has 6 nitrogen and oxygen atoms in total. The predicted molar refractivity (Wildman–Crippen MR) is 65.9 cm³/mol. The summed E-state index contributed by atoms with van der Waals surface area (Å²) in [7, 11) is 0. The quantitative estimate of drug-likeness (QED) is 0.754. The normalized spacial score (nSPS) is 12.3. The summed E-state index contributed by atoms with van der Waals surface area (Å²) in [4.78, 5) is 15.9. The van der Waals surface area contributed by atoms with Crippen LogP contribution in [0.2, 0.25) is 0 Å². The highest BCUT2D eigenvalue weighted by Gasteiger charge is 2.14. The van der Waals surface area contributed by atoms with Gasteiger partial charge in [-0.2, -0.15) is 5.10 Å². The van der Waals surface area contributed by atoms with E-state index in [1.54, 1.807) is 17.5 Å². The van der Waals surface area contributed by atoms with Crippen LogP contribution in [0.5, 0.6) is 0 Å². The van der Waals surface area contributed by atoms with Crippen LogP contribution in [0.4, 0.5) is 5.82 Å². The molecule has 0 saturated carbocycles. The number of nitrogens with two attached hydrogens (primary N) is 1. The van der Waals surface area contributed by atoms with Crippen molar-refractivity contribution in [3.05, 3.63) is 28.3 Å². The van der Waals surface area contributed by atoms with Gasteiger partial charge in [0.2, 0.25) is 0 Å². The SMILES string of the molecule is CC(CNC(=O)c1cn[nH]c1N)c1nccs1. The van der Waals surface area contributed by atoms with Crippen LogP contribution in [0.25, 0.3) is 0 Å². The van der Waals surface area contributed by atoms with Crippen LogP contribution in [0.3, 0.4) is 0 Å². The molecule has 2 aromatic heterocycles. The molecule has 1 amide bonds. The molecule has 0 aliphatic rings. The smallest absolute Gasteiger partial charge is 0.256 e. The van der Waals surface area contributed by atoms with E-state index in [9.17, 15) is 4.79 Å². The molecule has 0 fully saturated rings. The molecule has 0 aromatic carbocycles. The highest BCUT2D eigenvalue weighted by Crippen LogP contribution is 2.16. The van der Waals surface area contributed by atoms with Gasteiger partial charge in [-0.15, -0.1) is 11.3 Å². The fourth-order valence-corrected chi connectivity index (χ4v) is 2.08. The van der Waals surface area contributed by atoms with Crippen LogP contribution in [0.15, 0.2) is 17.8 Å². The summed E-state index contributed by atoms with van der Waals surface area (Å²) in [5.74, 6) is 0.246. The van der Waals surface area contributed by atoms with Crippen molar-refractivity contribution in [1.82, 2.24) is 20.5 Å². The number of anilines is 1. The van der Waals surface area contributed by atoms with E-state index in [2.05, 4.69) is 20.5 Å². The number of aromatic amines is 1. The molecule has 0 aliphatic carbocycles. The summed E-state index contributed by atoms with van der Waals surface area (Å²) in [6, 6.07) is 0. The number of amides is 1. The highest BCUT2D eigenvalue weighted by molar-refractivity contribution is 7.09. The summed E-state index contributed by atoms with van der Waals surface area (Å²) in [5.41, 5.74) is 5.92. The molecule has 2 heterocycles. The second kappa shape index (κ2) is 4.96. The number of aromatic nitrogens is 3. The zero-order valence-electron chi connectivity index (χ0n) is 9.30. The van der Waals surface area contributed by atoms with Crippen molar-refractivity contribution in [3.63, 3.8) is 0 Å². The number of nitrogen functional groups attached to an aromatic ring is 1. The third-order valence-corrected chi connectivity index (χ3v) is 3.36. The van der Waals surface area contributed by atoms with E-state index in [4.69, 9.17) is 5.73 Å². The van der Waals surface area contributed by atoms with E-state index in [0.29, 0.717) is 12.1 Å². The van der Waals surface area contributed by atoms with E-state index in [0.717, 1.165) is 5.01 Å². The summed E-state index contributed by atoms with van der Waals surface area (Å²) < 4.78 is 0. The van der Waals surface area contributed by atoms with Gasteiger partial charge < -0.3 is 11.1 Å². The van der Waals surface area contributed by atoms with Crippen LogP contribution < -0.4 is 11.1 Å². The number of thiazole rings is 1. The number of nitrogens with zero attached hydrogens (tertiary/aromatic N) is 2. The third-order valence-electron chi connectivity index (χ3n) is 2.36. The first-order chi connectivity index (χ1) is 8.18. The summed E-state index contributed by atoms with van der Waals surface area (Å²) in [6.45, 7) is 2.54. The fourth-order valence-electron chi connectivity index (χ4n) is 1.38. The molecule has 7 heteroatoms. The number of nitrogens with one attached hydrogen (secondary N) is 2. The van der Waals surface area contributed by atoms with Crippen LogP contribution >= 0.6 is 11.3 Å². The second-order valence-electron chi connectivity index (χ2n) is 3.68. The Morgan fingerprint density at radius 3 is 3.12 bits per heavy atom. The maximum Gasteiger partial charge on any atom is 0.256 e. The zero-order valence-corrected chi connectivity index (χ0v) is 10.1. The second-order valence-corrected chi connectivity index (χ2v) is 4.60. The van der Waals surface area contributed by atoms with Gasteiger partial charge in [0.25, 0.3) is 5.91 Å². The Morgan fingerprint density at radius 1 is 1.71 bits per heavy atom. The minimum atomic E-state index is -0.223. The topological polar surface area (TPSA) is 96.7 Å². The lowest BCUT2D eigenvalue weighted by atomic mass is 10.2. The van der Waals surface area contributed by atoms with E-state index in [-0.39, 0.29) is 17.6 Å². The number of hydrogen-bond acceptors (Lipinski definition) is 5. The lowest BCUT2D eigenvalue weighted by Crippen LogP contribution is -2.27. The van der Waals surface area contributed by atoms with Gasteiger partial charge in [-0.3, -0.25) is 9.89 Å². The minimum absolute atomic E-state index is 0.187. The highest BCUT2D eigenvalue weighted by atomic mass is 32.1. The Kier molecular flexibility index (Phi) is 3.38. The van der Waals surface area contributed by atoms with Gasteiger partial charge in [0.15, 0.2) is 0 Å². The van der Waals surface area contributed by atoms with Gasteiger partial charge in [-0.25, -0.2) is 4.98 Å². The molecule has 1 unspecified atom stereocenters. The third kappa shape index (κ3) is 2.62. The number of hydrogen-bond donors (Lipinski definition) is 3. The van der Waals surface area contributed by atoms with Gasteiger partial charge >= 0.3 is 0 Å². The molecule has 0 saturated heterocycles. The van der Waals surface area contributed by atoms with Crippen LogP contribution in [0.1, 0.15) is 28.2 Å². The van der Waals surface area contributed by atoms with Gasteiger partial charge in [0, 0.05) is 24.0 Å². The molecular weight excluding hydrogens is 238 g/mol. The Labute approximate surface area is 102 Å². The molecule has 0 aliphatic heterocycles. The molecule has 0 bridgehead atoms. The van der Waals surface area contributed by atoms with Crippen LogP contribution in [0, 0.1) is 0 Å². The zero-order chi connectivity index (χ0) is 12.3. The van der Waals surface area contributed by atoms with E-state index in [1.165, 1.54) is 6.20 Å². The van der Waals surface area contributed by atoms with Gasteiger partial charge in [0.05, 0.1) is 11.2 Å². The maximum atomic E-state index is 11.7. The first-order valence-electron chi connectivity index (χ1n) is 5.15. The van der Waals surface area contributed by atoms with Crippen molar-refractivity contribution in [2.45, 2.75) is 12.8 Å². The lowest BCUT2D eigenvalue weighted by molar-refractivity contribution is 0.0952. The van der Waals surface area contributed by atoms with Gasteiger partial charge in [0.1, 0.15) is 11.4 Å². The molecule has 90 valence electrons. The van der Waals surface area contributed by atoms with E-state index < -0.39 is 0 Å². The van der Waals surface area contributed by atoms with Crippen LogP contribution in [-0.4, -0.2) is 27.6 Å². The minimum Gasteiger partial charge on any atom is -0.383 e. The average molecular weight is 251 g/mol. The Hall–Kier alpha value is -1.89. The lowest BCUT2D eigenvalue weighted by Gasteiger charge is -2.09. The van der Waals surface area contributed by atoms with E-state index in [1.807, 2.05) is 12.3 Å². The number of carbonyl (C=O) groups excluding carboxylic acids is 1. The van der Waals surface area contributed by atoms with Crippen molar-refractivity contribution in [3.8, 4) is 0 Å². The first-order valence-corrected chi connectivity index (χ1v) is 6.03. The molecule has 17 heavy (non-hydrogen) atoms. The number of H-pyrrole nitrogens is 1. The molecule has 0 spiro atoms. The van der Waals surface area contributed by atoms with E-state index >= 15 is 0 Å². The van der Waals surface area contributed by atoms with Gasteiger partial charge in [-0.1, -0.05) is 6.92 Å². The Balaban J connectivity index is 1.91. The van der Waals surface area contributed by atoms with Gasteiger partial charge in [-0.05, 0) is 0 Å². The fraction of sp³-hybridized carbons (Fsp3) is 0.300. The predicted octanol–water partition coefficient (Wildman–Crippen LogP) is 0.982. The molecule has 4 N–H and O–H groups in total. The molecule has 1 atom stereocenters. The Bertz CT molecular complexity index is 493. The first kappa shape index (κ1) is 11.6. The van der Waals surface area contributed by atoms with Crippen molar-refractivity contribution in [2.75, 3.05) is 12.3 Å². The summed E-state index contributed by atoms with van der Waals surface area (Å²) >= 11 is 1.58. The summed E-state index contributed by atoms with van der Waals surface area (Å²) in [5, 5.41) is 11.9. The van der Waals surface area contributed by atoms with Crippen molar-refractivity contribution < 1.29 is 4.79 Å². The molecular formula is C10H13N5OS. The molecule has 2 rings (SSSR count). The number of carbonyl (C=O) groups is 1. The molecule has 2 aromatic rings. The Morgan fingerprint density at radius 2 is 2.53 bits per heavy atom.